The molecule has 1 aromatic heterocycles. The number of Topliss-reactive ketones (excluding diaryl/α,β-unsaturated/α-hetero) is 1. The number of nitrogens with one attached hydrogen (secondary N) is 1. The minimum absolute atomic E-state index is 0.00113. The Balaban J connectivity index is 1.58. The van der Waals surface area contributed by atoms with Crippen molar-refractivity contribution in [3.63, 3.8) is 0 Å². The zero-order chi connectivity index (χ0) is 22.9. The van der Waals surface area contributed by atoms with Crippen LogP contribution in [0.3, 0.4) is 0 Å². The molecule has 8 heteroatoms. The van der Waals surface area contributed by atoms with Crippen LogP contribution in [-0.4, -0.2) is 39.3 Å². The van der Waals surface area contributed by atoms with Gasteiger partial charge in [-0.3, -0.25) is 9.59 Å². The first-order chi connectivity index (χ1) is 15.5. The summed E-state index contributed by atoms with van der Waals surface area (Å²) in [6.07, 6.45) is 3.53. The molecule has 0 aliphatic heterocycles. The number of methoxy groups -OCH3 is 1. The average molecular weight is 453 g/mol. The molecule has 168 valence electrons. The largest absolute Gasteiger partial charge is 0.496 e. The zero-order valence-corrected chi connectivity index (χ0v) is 19.4. The van der Waals surface area contributed by atoms with E-state index in [0.29, 0.717) is 34.4 Å². The van der Waals surface area contributed by atoms with E-state index >= 15 is 0 Å². The van der Waals surface area contributed by atoms with E-state index in [2.05, 4.69) is 22.4 Å². The fraction of sp³-hybridized carbons (Fsp3) is 0.333. The summed E-state index contributed by atoms with van der Waals surface area (Å²) >= 11 is 1.33. The average Bonchev–Trinajstić information content (AvgIpc) is 3.18. The van der Waals surface area contributed by atoms with Crippen LogP contribution in [0.25, 0.3) is 11.4 Å². The first-order valence-electron chi connectivity index (χ1n) is 10.6. The topological polar surface area (TPSA) is 86.1 Å². The van der Waals surface area contributed by atoms with Gasteiger partial charge in [0.2, 0.25) is 5.91 Å². The smallest absolute Gasteiger partial charge is 0.224 e. The SMILES string of the molecule is CCCCCC(=O)Nc1ccc(C(=O)CSc2nnc(-c3ccccc3OC)n2C)cc1. The van der Waals surface area contributed by atoms with Crippen LogP contribution in [0.5, 0.6) is 5.75 Å². The number of thioether (sulfide) groups is 1. The summed E-state index contributed by atoms with van der Waals surface area (Å²) in [5.41, 5.74) is 2.13. The summed E-state index contributed by atoms with van der Waals surface area (Å²) in [5.74, 6) is 1.61. The van der Waals surface area contributed by atoms with Crippen LogP contribution in [0.2, 0.25) is 0 Å². The third-order valence-corrected chi connectivity index (χ3v) is 6.03. The van der Waals surface area contributed by atoms with E-state index in [1.807, 2.05) is 35.9 Å². The lowest BCUT2D eigenvalue weighted by Gasteiger charge is -2.08. The number of benzene rings is 2. The molecule has 32 heavy (non-hydrogen) atoms. The van der Waals surface area contributed by atoms with Crippen LogP contribution in [0, 0.1) is 0 Å². The fourth-order valence-electron chi connectivity index (χ4n) is 3.22. The third-order valence-electron chi connectivity index (χ3n) is 5.01. The van der Waals surface area contributed by atoms with E-state index in [1.165, 1.54) is 11.8 Å². The molecule has 2 aromatic carbocycles. The Bertz CT molecular complexity index is 1060. The molecule has 0 aliphatic rings. The molecule has 0 atom stereocenters. The molecule has 1 N–H and O–H groups in total. The molecule has 0 fully saturated rings. The number of aromatic nitrogens is 3. The maximum Gasteiger partial charge on any atom is 0.224 e. The van der Waals surface area contributed by atoms with Crippen molar-refractivity contribution in [2.24, 2.45) is 7.05 Å². The molecule has 1 heterocycles. The van der Waals surface area contributed by atoms with Crippen molar-refractivity contribution in [1.82, 2.24) is 14.8 Å². The lowest BCUT2D eigenvalue weighted by atomic mass is 10.1. The molecule has 0 unspecified atom stereocenters. The van der Waals surface area contributed by atoms with Crippen LogP contribution in [0.4, 0.5) is 5.69 Å². The minimum atomic E-state index is -0.0161. The maximum absolute atomic E-state index is 12.6. The molecule has 0 spiro atoms. The zero-order valence-electron chi connectivity index (χ0n) is 18.6. The molecule has 0 bridgehead atoms. The van der Waals surface area contributed by atoms with Gasteiger partial charge in [-0.05, 0) is 42.8 Å². The van der Waals surface area contributed by atoms with Gasteiger partial charge >= 0.3 is 0 Å². The number of amides is 1. The van der Waals surface area contributed by atoms with Crippen LogP contribution in [0.1, 0.15) is 43.0 Å². The second kappa shape index (κ2) is 11.5. The highest BCUT2D eigenvalue weighted by atomic mass is 32.2. The number of nitrogens with zero attached hydrogens (tertiary/aromatic N) is 3. The quantitative estimate of drug-likeness (QED) is 0.251. The number of ketones is 1. The third kappa shape index (κ3) is 5.97. The number of rotatable bonds is 11. The van der Waals surface area contributed by atoms with Gasteiger partial charge in [0.1, 0.15) is 5.75 Å². The summed E-state index contributed by atoms with van der Waals surface area (Å²) in [7, 11) is 3.49. The van der Waals surface area contributed by atoms with Gasteiger partial charge in [0, 0.05) is 24.7 Å². The normalized spacial score (nSPS) is 10.7. The van der Waals surface area contributed by atoms with Crippen molar-refractivity contribution in [3.05, 3.63) is 54.1 Å². The highest BCUT2D eigenvalue weighted by Crippen LogP contribution is 2.30. The predicted molar refractivity (Wildman–Crippen MR) is 127 cm³/mol. The molecule has 1 amide bonds. The first-order valence-corrected chi connectivity index (χ1v) is 11.6. The van der Waals surface area contributed by atoms with Crippen molar-refractivity contribution in [3.8, 4) is 17.1 Å². The van der Waals surface area contributed by atoms with Crippen LogP contribution in [-0.2, 0) is 11.8 Å². The maximum atomic E-state index is 12.6. The van der Waals surface area contributed by atoms with Crippen molar-refractivity contribution in [2.75, 3.05) is 18.2 Å². The van der Waals surface area contributed by atoms with Crippen LogP contribution >= 0.6 is 11.8 Å². The number of anilines is 1. The molecule has 0 saturated heterocycles. The van der Waals surface area contributed by atoms with Gasteiger partial charge in [-0.2, -0.15) is 0 Å². The van der Waals surface area contributed by atoms with Gasteiger partial charge in [-0.15, -0.1) is 10.2 Å². The Hall–Kier alpha value is -3.13. The van der Waals surface area contributed by atoms with E-state index in [4.69, 9.17) is 4.74 Å². The Morgan fingerprint density at radius 1 is 1.06 bits per heavy atom. The lowest BCUT2D eigenvalue weighted by Crippen LogP contribution is -2.11. The van der Waals surface area contributed by atoms with Gasteiger partial charge in [-0.1, -0.05) is 43.7 Å². The summed E-state index contributed by atoms with van der Waals surface area (Å²) in [5, 5.41) is 12.0. The van der Waals surface area contributed by atoms with E-state index in [-0.39, 0.29) is 17.4 Å². The molecule has 3 rings (SSSR count). The molecule has 3 aromatic rings. The molecule has 0 saturated carbocycles. The number of ether oxygens (including phenoxy) is 1. The number of hydrogen-bond acceptors (Lipinski definition) is 6. The van der Waals surface area contributed by atoms with Gasteiger partial charge in [-0.25, -0.2) is 0 Å². The second-order valence-electron chi connectivity index (χ2n) is 7.36. The summed E-state index contributed by atoms with van der Waals surface area (Å²) < 4.78 is 7.26. The number of para-hydroxylation sites is 1. The summed E-state index contributed by atoms with van der Waals surface area (Å²) in [4.78, 5) is 24.6. The predicted octanol–water partition coefficient (Wildman–Crippen LogP) is 4.98. The minimum Gasteiger partial charge on any atom is -0.496 e. The number of hydrogen-bond donors (Lipinski definition) is 1. The van der Waals surface area contributed by atoms with Gasteiger partial charge < -0.3 is 14.6 Å². The van der Waals surface area contributed by atoms with Crippen LogP contribution < -0.4 is 10.1 Å². The van der Waals surface area contributed by atoms with E-state index in [0.717, 1.165) is 24.8 Å². The summed E-state index contributed by atoms with van der Waals surface area (Å²) in [6, 6.07) is 14.6. The Morgan fingerprint density at radius 3 is 2.53 bits per heavy atom. The van der Waals surface area contributed by atoms with E-state index in [1.54, 1.807) is 31.4 Å². The van der Waals surface area contributed by atoms with Gasteiger partial charge in [0.05, 0.1) is 18.4 Å². The van der Waals surface area contributed by atoms with Gasteiger partial charge in [0.25, 0.3) is 0 Å². The van der Waals surface area contributed by atoms with E-state index in [9.17, 15) is 9.59 Å². The highest BCUT2D eigenvalue weighted by Gasteiger charge is 2.16. The number of carbonyl (C=O) groups excluding carboxylic acids is 2. The molecule has 0 aliphatic carbocycles. The highest BCUT2D eigenvalue weighted by molar-refractivity contribution is 7.99. The van der Waals surface area contributed by atoms with Crippen LogP contribution in [0.15, 0.2) is 53.7 Å². The first kappa shape index (κ1) is 23.5. The van der Waals surface area contributed by atoms with Crippen molar-refractivity contribution >= 4 is 29.1 Å². The van der Waals surface area contributed by atoms with Crippen molar-refractivity contribution < 1.29 is 14.3 Å². The molecule has 0 radical (unpaired) electrons. The lowest BCUT2D eigenvalue weighted by molar-refractivity contribution is -0.116. The summed E-state index contributed by atoms with van der Waals surface area (Å²) in [6.45, 7) is 2.11. The van der Waals surface area contributed by atoms with E-state index < -0.39 is 0 Å². The number of unbranched alkanes of at least 4 members (excludes halogenated alkanes) is 2. The monoisotopic (exact) mass is 452 g/mol. The van der Waals surface area contributed by atoms with Crippen molar-refractivity contribution in [2.45, 2.75) is 37.8 Å². The molecular weight excluding hydrogens is 424 g/mol. The molecule has 7 nitrogen and oxygen atoms in total. The van der Waals surface area contributed by atoms with Gasteiger partial charge in [0.15, 0.2) is 16.8 Å². The Kier molecular flexibility index (Phi) is 8.44. The standard InChI is InChI=1S/C24H28N4O3S/c1-4-5-6-11-22(30)25-18-14-12-17(13-15-18)20(29)16-32-24-27-26-23(28(24)2)19-9-7-8-10-21(19)31-3/h7-10,12-15H,4-6,11,16H2,1-3H3,(H,25,30). The second-order valence-corrected chi connectivity index (χ2v) is 8.30. The Morgan fingerprint density at radius 2 is 1.81 bits per heavy atom. The fourth-order valence-corrected chi connectivity index (χ4v) is 4.02. The molecular formula is C24H28N4O3S. The Labute approximate surface area is 192 Å². The van der Waals surface area contributed by atoms with Crippen molar-refractivity contribution in [1.29, 1.82) is 0 Å². The number of carbonyl (C=O) groups is 2.